The van der Waals surface area contributed by atoms with E-state index in [1.807, 2.05) is 24.3 Å². The summed E-state index contributed by atoms with van der Waals surface area (Å²) in [6.07, 6.45) is 0. The fraction of sp³-hybridized carbons (Fsp3) is 0.200. The Hall–Kier alpha value is -1.70. The first-order valence-electron chi connectivity index (χ1n) is 5.99. The van der Waals surface area contributed by atoms with Crippen LogP contribution in [-0.2, 0) is 0 Å². The van der Waals surface area contributed by atoms with Crippen molar-refractivity contribution in [2.45, 2.75) is 20.6 Å². The Balaban J connectivity index is 2.11. The molecule has 2 heteroatoms. The molecule has 0 aliphatic carbocycles. The lowest BCUT2D eigenvalue weighted by molar-refractivity contribution is 0.482. The summed E-state index contributed by atoms with van der Waals surface area (Å²) in [6.45, 7) is 7.01. The summed E-state index contributed by atoms with van der Waals surface area (Å²) >= 11 is 0. The highest BCUT2D eigenvalue weighted by Gasteiger charge is 2.03. The van der Waals surface area contributed by atoms with Crippen LogP contribution in [0.15, 0.2) is 48.5 Å². The zero-order valence-electron chi connectivity index (χ0n) is 10.6. The first-order chi connectivity index (χ1) is 8.15. The number of hydrogen-bond donors (Lipinski definition) is 0. The molecule has 0 atom stereocenters. The van der Waals surface area contributed by atoms with Gasteiger partial charge in [-0.05, 0) is 31.2 Å². The van der Waals surface area contributed by atoms with Crippen molar-refractivity contribution in [1.82, 2.24) is 0 Å². The van der Waals surface area contributed by atoms with Crippen molar-refractivity contribution in [3.05, 3.63) is 54.1 Å². The van der Waals surface area contributed by atoms with E-state index in [-0.39, 0.29) is 0 Å². The van der Waals surface area contributed by atoms with Crippen LogP contribution in [0.3, 0.4) is 0 Å². The maximum Gasteiger partial charge on any atom is 0.169 e. The minimum absolute atomic E-state index is 0.559. The van der Waals surface area contributed by atoms with E-state index in [1.54, 1.807) is 0 Å². The van der Waals surface area contributed by atoms with Crippen molar-refractivity contribution >= 4 is 12.2 Å². The normalized spacial score (nSPS) is 10.1. The third-order valence-corrected chi connectivity index (χ3v) is 2.80. The Morgan fingerprint density at radius 3 is 1.71 bits per heavy atom. The van der Waals surface area contributed by atoms with E-state index in [1.165, 1.54) is 11.0 Å². The van der Waals surface area contributed by atoms with E-state index in [2.05, 4.69) is 44.8 Å². The van der Waals surface area contributed by atoms with E-state index in [0.29, 0.717) is 6.71 Å². The molecule has 2 aromatic rings. The topological polar surface area (TPSA) is 9.23 Å². The van der Waals surface area contributed by atoms with Gasteiger partial charge in [0, 0.05) is 0 Å². The number of ether oxygens (including phenoxy) is 1. The molecule has 0 amide bonds. The van der Waals surface area contributed by atoms with Gasteiger partial charge in [-0.25, -0.2) is 0 Å². The third-order valence-electron chi connectivity index (χ3n) is 2.80. The van der Waals surface area contributed by atoms with Gasteiger partial charge in [-0.15, -0.1) is 0 Å². The van der Waals surface area contributed by atoms with Crippen LogP contribution >= 0.6 is 0 Å². The van der Waals surface area contributed by atoms with Gasteiger partial charge in [0.15, 0.2) is 6.71 Å². The van der Waals surface area contributed by atoms with Crippen molar-refractivity contribution in [3.8, 4) is 11.5 Å². The Morgan fingerprint density at radius 1 is 0.765 bits per heavy atom. The molecule has 86 valence electrons. The predicted octanol–water partition coefficient (Wildman–Crippen LogP) is 3.75. The highest BCUT2D eigenvalue weighted by atomic mass is 16.5. The molecule has 0 saturated carbocycles. The van der Waals surface area contributed by atoms with Crippen LogP contribution in [0.4, 0.5) is 0 Å². The SMILES string of the molecule is CB(C)c1ccc(Oc2ccc(C)cc2)cc1. The second kappa shape index (κ2) is 5.09. The van der Waals surface area contributed by atoms with Crippen LogP contribution in [0.1, 0.15) is 5.56 Å². The zero-order chi connectivity index (χ0) is 12.3. The van der Waals surface area contributed by atoms with Gasteiger partial charge in [-0.3, -0.25) is 0 Å². The van der Waals surface area contributed by atoms with E-state index >= 15 is 0 Å². The average Bonchev–Trinajstić information content (AvgIpc) is 2.33. The van der Waals surface area contributed by atoms with Gasteiger partial charge in [0.05, 0.1) is 0 Å². The second-order valence-corrected chi connectivity index (χ2v) is 4.64. The highest BCUT2D eigenvalue weighted by molar-refractivity contribution is 6.70. The molecule has 2 aromatic carbocycles. The minimum atomic E-state index is 0.559. The Labute approximate surface area is 104 Å². The molecule has 0 heterocycles. The van der Waals surface area contributed by atoms with Crippen LogP contribution in [0, 0.1) is 6.92 Å². The van der Waals surface area contributed by atoms with Crippen LogP contribution in [0.5, 0.6) is 11.5 Å². The lowest BCUT2D eigenvalue weighted by Gasteiger charge is -2.07. The van der Waals surface area contributed by atoms with Gasteiger partial charge >= 0.3 is 0 Å². The van der Waals surface area contributed by atoms with Gasteiger partial charge in [0.2, 0.25) is 0 Å². The largest absolute Gasteiger partial charge is 0.457 e. The number of hydrogen-bond acceptors (Lipinski definition) is 1. The van der Waals surface area contributed by atoms with Crippen molar-refractivity contribution in [2.24, 2.45) is 0 Å². The monoisotopic (exact) mass is 224 g/mol. The summed E-state index contributed by atoms with van der Waals surface area (Å²) in [5, 5.41) is 0. The maximum absolute atomic E-state index is 5.77. The molecule has 0 saturated heterocycles. The number of benzene rings is 2. The molecular formula is C15H17BO. The molecule has 0 unspecified atom stereocenters. The van der Waals surface area contributed by atoms with Crippen LogP contribution in [0.2, 0.25) is 13.6 Å². The summed E-state index contributed by atoms with van der Waals surface area (Å²) in [7, 11) is 0. The number of rotatable bonds is 3. The summed E-state index contributed by atoms with van der Waals surface area (Å²) in [5.41, 5.74) is 2.58. The maximum atomic E-state index is 5.77. The molecule has 0 bridgehead atoms. The third kappa shape index (κ3) is 3.13. The Bertz CT molecular complexity index is 471. The quantitative estimate of drug-likeness (QED) is 0.721. The predicted molar refractivity (Wildman–Crippen MR) is 74.8 cm³/mol. The molecule has 0 spiro atoms. The van der Waals surface area contributed by atoms with Gasteiger partial charge in [0.25, 0.3) is 0 Å². The molecule has 0 radical (unpaired) electrons. The molecule has 0 fully saturated rings. The summed E-state index contributed by atoms with van der Waals surface area (Å²) in [6, 6.07) is 16.4. The van der Waals surface area contributed by atoms with Gasteiger partial charge in [-0.1, -0.05) is 48.9 Å². The molecular weight excluding hydrogens is 207 g/mol. The van der Waals surface area contributed by atoms with Crippen molar-refractivity contribution in [1.29, 1.82) is 0 Å². The fourth-order valence-electron chi connectivity index (χ4n) is 1.66. The van der Waals surface area contributed by atoms with E-state index < -0.39 is 0 Å². The van der Waals surface area contributed by atoms with Gasteiger partial charge in [-0.2, -0.15) is 0 Å². The molecule has 0 aromatic heterocycles. The summed E-state index contributed by atoms with van der Waals surface area (Å²) in [4.78, 5) is 0. The first kappa shape index (κ1) is 11.8. The summed E-state index contributed by atoms with van der Waals surface area (Å²) in [5.74, 6) is 1.77. The second-order valence-electron chi connectivity index (χ2n) is 4.64. The highest BCUT2D eigenvalue weighted by Crippen LogP contribution is 2.20. The van der Waals surface area contributed by atoms with Crippen LogP contribution in [-0.4, -0.2) is 6.71 Å². The van der Waals surface area contributed by atoms with Crippen molar-refractivity contribution < 1.29 is 4.74 Å². The molecule has 1 nitrogen and oxygen atoms in total. The van der Waals surface area contributed by atoms with Crippen LogP contribution in [0.25, 0.3) is 0 Å². The van der Waals surface area contributed by atoms with Gasteiger partial charge < -0.3 is 4.74 Å². The zero-order valence-corrected chi connectivity index (χ0v) is 10.6. The fourth-order valence-corrected chi connectivity index (χ4v) is 1.66. The minimum Gasteiger partial charge on any atom is -0.457 e. The van der Waals surface area contributed by atoms with E-state index in [0.717, 1.165) is 11.5 Å². The number of aryl methyl sites for hydroxylation is 1. The lowest BCUT2D eigenvalue weighted by atomic mass is 9.49. The van der Waals surface area contributed by atoms with Gasteiger partial charge in [0.1, 0.15) is 11.5 Å². The molecule has 0 aliphatic heterocycles. The van der Waals surface area contributed by atoms with Crippen molar-refractivity contribution in [3.63, 3.8) is 0 Å². The van der Waals surface area contributed by atoms with E-state index in [9.17, 15) is 0 Å². The molecule has 2 rings (SSSR count). The van der Waals surface area contributed by atoms with Crippen LogP contribution < -0.4 is 10.2 Å². The average molecular weight is 224 g/mol. The van der Waals surface area contributed by atoms with E-state index in [4.69, 9.17) is 4.74 Å². The molecule has 0 N–H and O–H groups in total. The standard InChI is InChI=1S/C15H17BO/c1-12-4-8-14(9-5-12)17-15-10-6-13(7-11-15)16(2)3/h4-11H,1-3H3. The Kier molecular flexibility index (Phi) is 3.53. The first-order valence-corrected chi connectivity index (χ1v) is 5.99. The summed E-state index contributed by atoms with van der Waals surface area (Å²) < 4.78 is 5.77. The molecule has 17 heavy (non-hydrogen) atoms. The smallest absolute Gasteiger partial charge is 0.169 e. The molecule has 0 aliphatic rings. The lowest BCUT2D eigenvalue weighted by Crippen LogP contribution is -2.21. The Morgan fingerprint density at radius 2 is 1.24 bits per heavy atom. The van der Waals surface area contributed by atoms with Crippen molar-refractivity contribution in [2.75, 3.05) is 0 Å².